The van der Waals surface area contributed by atoms with Crippen molar-refractivity contribution in [2.24, 2.45) is 5.73 Å². The minimum atomic E-state index is -0.138. The van der Waals surface area contributed by atoms with Crippen molar-refractivity contribution in [1.82, 2.24) is 0 Å². The van der Waals surface area contributed by atoms with Gasteiger partial charge in [-0.15, -0.1) is 11.3 Å². The minimum absolute atomic E-state index is 0.138. The van der Waals surface area contributed by atoms with Crippen LogP contribution in [0.3, 0.4) is 0 Å². The molecule has 0 radical (unpaired) electrons. The molecule has 2 nitrogen and oxygen atoms in total. The maximum Gasteiger partial charge on any atom is 0.137 e. The summed E-state index contributed by atoms with van der Waals surface area (Å²) in [5.41, 5.74) is 8.32. The summed E-state index contributed by atoms with van der Waals surface area (Å²) in [6, 6.07) is 7.59. The van der Waals surface area contributed by atoms with Gasteiger partial charge in [-0.05, 0) is 57.3 Å². The van der Waals surface area contributed by atoms with E-state index < -0.39 is 0 Å². The molecule has 0 saturated heterocycles. The highest BCUT2D eigenvalue weighted by Gasteiger charge is 2.12. The number of rotatable bonds is 3. The number of benzene rings is 1. The first-order valence-electron chi connectivity index (χ1n) is 4.94. The zero-order chi connectivity index (χ0) is 12.4. The Bertz CT molecular complexity index is 529. The van der Waals surface area contributed by atoms with Crippen molar-refractivity contribution in [2.45, 2.75) is 6.04 Å². The molecule has 5 heteroatoms. The topological polar surface area (TPSA) is 35.2 Å². The lowest BCUT2D eigenvalue weighted by atomic mass is 10.0. The molecule has 17 heavy (non-hydrogen) atoms. The van der Waals surface area contributed by atoms with Crippen LogP contribution in [0.4, 0.5) is 0 Å². The Morgan fingerprint density at radius 3 is 2.71 bits per heavy atom. The van der Waals surface area contributed by atoms with E-state index in [0.29, 0.717) is 10.8 Å². The quantitative estimate of drug-likeness (QED) is 0.816. The van der Waals surface area contributed by atoms with Crippen LogP contribution in [-0.2, 0) is 0 Å². The van der Waals surface area contributed by atoms with E-state index in [1.807, 2.05) is 18.2 Å². The van der Waals surface area contributed by atoms with Gasteiger partial charge in [0.1, 0.15) is 5.75 Å². The van der Waals surface area contributed by atoms with E-state index in [4.69, 9.17) is 22.1 Å². The van der Waals surface area contributed by atoms with Crippen molar-refractivity contribution in [3.63, 3.8) is 0 Å². The summed E-state index contributed by atoms with van der Waals surface area (Å²) in [5.74, 6) is 0.657. The molecule has 2 N–H and O–H groups in total. The molecule has 0 aliphatic heterocycles. The third-order valence-electron chi connectivity index (χ3n) is 2.48. The van der Waals surface area contributed by atoms with Gasteiger partial charge in [0.25, 0.3) is 0 Å². The number of ether oxygens (including phenoxy) is 1. The third-order valence-corrected chi connectivity index (χ3v) is 4.60. The molecular formula is C12H11ClINOS. The summed E-state index contributed by atoms with van der Waals surface area (Å²) in [4.78, 5) is 0. The first-order valence-corrected chi connectivity index (χ1v) is 7.28. The Morgan fingerprint density at radius 2 is 2.12 bits per heavy atom. The number of methoxy groups -OCH3 is 1. The van der Waals surface area contributed by atoms with Crippen molar-refractivity contribution in [1.29, 1.82) is 0 Å². The van der Waals surface area contributed by atoms with E-state index in [-0.39, 0.29) is 6.04 Å². The van der Waals surface area contributed by atoms with Gasteiger partial charge in [0, 0.05) is 0 Å². The number of thiophene rings is 1. The average molecular weight is 380 g/mol. The zero-order valence-corrected chi connectivity index (χ0v) is 12.8. The molecule has 1 aromatic carbocycles. The Labute approximate surface area is 123 Å². The predicted octanol–water partition coefficient (Wildman–Crippen LogP) is 4.06. The third kappa shape index (κ3) is 2.93. The molecule has 0 aliphatic carbocycles. The summed E-state index contributed by atoms with van der Waals surface area (Å²) in [7, 11) is 1.60. The fraction of sp³-hybridized carbons (Fsp3) is 0.167. The zero-order valence-electron chi connectivity index (χ0n) is 9.11. The Kier molecular flexibility index (Phi) is 4.30. The van der Waals surface area contributed by atoms with Crippen LogP contribution in [0.25, 0.3) is 0 Å². The van der Waals surface area contributed by atoms with Crippen molar-refractivity contribution in [2.75, 3.05) is 7.11 Å². The second-order valence-corrected chi connectivity index (χ2v) is 6.77. The van der Waals surface area contributed by atoms with Gasteiger partial charge >= 0.3 is 0 Å². The van der Waals surface area contributed by atoms with Gasteiger partial charge in [-0.1, -0.05) is 17.7 Å². The standard InChI is InChI=1S/C12H11ClINOS/c1-16-10-4-7(2-3-9(10)13)12(15)8-5-11(14)17-6-8/h2-6,12H,15H2,1H3. The van der Waals surface area contributed by atoms with Crippen molar-refractivity contribution >= 4 is 45.5 Å². The molecule has 0 fully saturated rings. The number of hydrogen-bond donors (Lipinski definition) is 1. The summed E-state index contributed by atoms with van der Waals surface area (Å²) >= 11 is 9.97. The first-order chi connectivity index (χ1) is 8.11. The van der Waals surface area contributed by atoms with Crippen LogP contribution in [-0.4, -0.2) is 7.11 Å². The molecule has 0 spiro atoms. The SMILES string of the molecule is COc1cc(C(N)c2csc(I)c2)ccc1Cl. The molecule has 1 atom stereocenters. The molecule has 2 aromatic rings. The fourth-order valence-corrected chi connectivity index (χ4v) is 3.15. The van der Waals surface area contributed by atoms with E-state index in [1.165, 1.54) is 2.88 Å². The summed E-state index contributed by atoms with van der Waals surface area (Å²) in [6.07, 6.45) is 0. The Hall–Kier alpha value is -0.300. The number of nitrogens with two attached hydrogens (primary N) is 1. The van der Waals surface area contributed by atoms with Crippen LogP contribution >= 0.6 is 45.5 Å². The van der Waals surface area contributed by atoms with Crippen LogP contribution in [0, 0.1) is 2.88 Å². The molecule has 0 bridgehead atoms. The van der Waals surface area contributed by atoms with E-state index in [2.05, 4.69) is 34.0 Å². The summed E-state index contributed by atoms with van der Waals surface area (Å²) in [6.45, 7) is 0. The molecule has 1 aromatic heterocycles. The lowest BCUT2D eigenvalue weighted by Crippen LogP contribution is -2.10. The van der Waals surface area contributed by atoms with Crippen molar-refractivity contribution in [3.8, 4) is 5.75 Å². The molecule has 1 unspecified atom stereocenters. The van der Waals surface area contributed by atoms with Gasteiger partial charge in [-0.25, -0.2) is 0 Å². The van der Waals surface area contributed by atoms with E-state index in [1.54, 1.807) is 18.4 Å². The van der Waals surface area contributed by atoms with Gasteiger partial charge < -0.3 is 10.5 Å². The van der Waals surface area contributed by atoms with Crippen molar-refractivity contribution < 1.29 is 4.74 Å². The van der Waals surface area contributed by atoms with Gasteiger partial charge in [0.05, 0.1) is 21.1 Å². The Balaban J connectivity index is 2.34. The average Bonchev–Trinajstić information content (AvgIpc) is 2.75. The molecule has 0 saturated carbocycles. The van der Waals surface area contributed by atoms with Crippen LogP contribution in [0.15, 0.2) is 29.6 Å². The normalized spacial score (nSPS) is 12.5. The molecule has 2 rings (SSSR count). The van der Waals surface area contributed by atoms with Crippen LogP contribution < -0.4 is 10.5 Å². The Morgan fingerprint density at radius 1 is 1.35 bits per heavy atom. The van der Waals surface area contributed by atoms with Crippen LogP contribution in [0.5, 0.6) is 5.75 Å². The van der Waals surface area contributed by atoms with Gasteiger partial charge in [-0.3, -0.25) is 0 Å². The maximum absolute atomic E-state index is 6.21. The van der Waals surface area contributed by atoms with Gasteiger partial charge in [-0.2, -0.15) is 0 Å². The van der Waals surface area contributed by atoms with E-state index in [0.717, 1.165) is 11.1 Å². The van der Waals surface area contributed by atoms with Crippen molar-refractivity contribution in [3.05, 3.63) is 48.7 Å². The van der Waals surface area contributed by atoms with Gasteiger partial charge in [0.2, 0.25) is 0 Å². The fourth-order valence-electron chi connectivity index (χ4n) is 1.55. The smallest absolute Gasteiger partial charge is 0.137 e. The highest BCUT2D eigenvalue weighted by atomic mass is 127. The molecular weight excluding hydrogens is 369 g/mol. The molecule has 0 amide bonds. The first kappa shape index (κ1) is 13.1. The summed E-state index contributed by atoms with van der Waals surface area (Å²) < 4.78 is 6.42. The highest BCUT2D eigenvalue weighted by Crippen LogP contribution is 2.31. The lowest BCUT2D eigenvalue weighted by Gasteiger charge is -2.12. The molecule has 1 heterocycles. The minimum Gasteiger partial charge on any atom is -0.495 e. The van der Waals surface area contributed by atoms with Gasteiger partial charge in [0.15, 0.2) is 0 Å². The van der Waals surface area contributed by atoms with Crippen LogP contribution in [0.1, 0.15) is 17.2 Å². The summed E-state index contributed by atoms with van der Waals surface area (Å²) in [5, 5.41) is 2.68. The van der Waals surface area contributed by atoms with E-state index >= 15 is 0 Å². The lowest BCUT2D eigenvalue weighted by molar-refractivity contribution is 0.414. The van der Waals surface area contributed by atoms with Crippen LogP contribution in [0.2, 0.25) is 5.02 Å². The highest BCUT2D eigenvalue weighted by molar-refractivity contribution is 14.1. The maximum atomic E-state index is 6.21. The number of halogens is 2. The molecule has 90 valence electrons. The number of hydrogen-bond acceptors (Lipinski definition) is 3. The second-order valence-electron chi connectivity index (χ2n) is 3.56. The largest absolute Gasteiger partial charge is 0.495 e. The molecule has 0 aliphatic rings. The monoisotopic (exact) mass is 379 g/mol. The predicted molar refractivity (Wildman–Crippen MR) is 81.1 cm³/mol. The second kappa shape index (κ2) is 5.56. The van der Waals surface area contributed by atoms with E-state index in [9.17, 15) is 0 Å².